The zero-order valence-electron chi connectivity index (χ0n) is 8.30. The molecule has 0 amide bonds. The standard InChI is InChI=1S/C11H10N2O2/c1-3-13-9-7-5-4-6-8(9)10(12-13)11(14)15-2/h3-7H,1H2,2H3. The largest absolute Gasteiger partial charge is 0.464 e. The quantitative estimate of drug-likeness (QED) is 0.699. The van der Waals surface area contributed by atoms with E-state index in [2.05, 4.69) is 16.4 Å². The molecule has 1 aromatic carbocycles. The van der Waals surface area contributed by atoms with E-state index < -0.39 is 5.97 Å². The van der Waals surface area contributed by atoms with Crippen LogP contribution in [0.25, 0.3) is 17.1 Å². The van der Waals surface area contributed by atoms with Crippen molar-refractivity contribution in [1.29, 1.82) is 0 Å². The molecule has 0 spiro atoms. The van der Waals surface area contributed by atoms with Crippen LogP contribution < -0.4 is 0 Å². The molecule has 0 radical (unpaired) electrons. The van der Waals surface area contributed by atoms with E-state index in [1.165, 1.54) is 7.11 Å². The van der Waals surface area contributed by atoms with Gasteiger partial charge in [-0.05, 0) is 6.07 Å². The van der Waals surface area contributed by atoms with Gasteiger partial charge in [0.05, 0.1) is 12.6 Å². The van der Waals surface area contributed by atoms with Crippen LogP contribution in [0, 0.1) is 0 Å². The summed E-state index contributed by atoms with van der Waals surface area (Å²) in [6, 6.07) is 7.43. The topological polar surface area (TPSA) is 44.1 Å². The molecule has 76 valence electrons. The van der Waals surface area contributed by atoms with Gasteiger partial charge in [0.2, 0.25) is 0 Å². The van der Waals surface area contributed by atoms with Gasteiger partial charge in [-0.15, -0.1) is 0 Å². The molecule has 0 aliphatic rings. The minimum atomic E-state index is -0.438. The summed E-state index contributed by atoms with van der Waals surface area (Å²) in [4.78, 5) is 11.4. The summed E-state index contributed by atoms with van der Waals surface area (Å²) >= 11 is 0. The molecule has 0 atom stereocenters. The highest BCUT2D eigenvalue weighted by atomic mass is 16.5. The molecule has 0 N–H and O–H groups in total. The van der Waals surface area contributed by atoms with E-state index >= 15 is 0 Å². The Balaban J connectivity index is 2.75. The molecule has 4 heteroatoms. The number of ether oxygens (including phenoxy) is 1. The zero-order chi connectivity index (χ0) is 10.8. The first kappa shape index (κ1) is 9.45. The van der Waals surface area contributed by atoms with E-state index in [1.54, 1.807) is 10.9 Å². The van der Waals surface area contributed by atoms with Crippen molar-refractivity contribution in [3.8, 4) is 0 Å². The van der Waals surface area contributed by atoms with Gasteiger partial charge in [0.25, 0.3) is 0 Å². The molecule has 0 aliphatic heterocycles. The second-order valence-electron chi connectivity index (χ2n) is 2.98. The van der Waals surface area contributed by atoms with Crippen molar-refractivity contribution < 1.29 is 9.53 Å². The lowest BCUT2D eigenvalue weighted by molar-refractivity contribution is 0.0596. The number of hydrogen-bond acceptors (Lipinski definition) is 3. The molecule has 0 aliphatic carbocycles. The molecule has 0 saturated carbocycles. The number of carbonyl (C=O) groups excluding carboxylic acids is 1. The smallest absolute Gasteiger partial charge is 0.359 e. The predicted molar refractivity (Wildman–Crippen MR) is 57.5 cm³/mol. The lowest BCUT2D eigenvalue weighted by atomic mass is 10.2. The van der Waals surface area contributed by atoms with E-state index in [1.807, 2.05) is 24.3 Å². The second kappa shape index (κ2) is 3.57. The molecule has 4 nitrogen and oxygen atoms in total. The summed E-state index contributed by atoms with van der Waals surface area (Å²) in [5, 5.41) is 4.87. The molecule has 0 saturated heterocycles. The van der Waals surface area contributed by atoms with Crippen molar-refractivity contribution in [1.82, 2.24) is 9.78 Å². The predicted octanol–water partition coefficient (Wildman–Crippen LogP) is 1.92. The Bertz CT molecular complexity index is 528. The fraction of sp³-hybridized carbons (Fsp3) is 0.0909. The molecular formula is C11H10N2O2. The van der Waals surface area contributed by atoms with Gasteiger partial charge in [0, 0.05) is 11.6 Å². The average molecular weight is 202 g/mol. The number of methoxy groups -OCH3 is 1. The zero-order valence-corrected chi connectivity index (χ0v) is 8.30. The van der Waals surface area contributed by atoms with Crippen molar-refractivity contribution in [2.45, 2.75) is 0 Å². The lowest BCUT2D eigenvalue weighted by Gasteiger charge is -1.93. The van der Waals surface area contributed by atoms with Gasteiger partial charge in [-0.3, -0.25) is 0 Å². The van der Waals surface area contributed by atoms with Crippen LogP contribution in [0.5, 0.6) is 0 Å². The molecule has 1 heterocycles. The fourth-order valence-corrected chi connectivity index (χ4v) is 1.48. The van der Waals surface area contributed by atoms with Gasteiger partial charge in [-0.1, -0.05) is 24.8 Å². The molecule has 2 aromatic rings. The van der Waals surface area contributed by atoms with Gasteiger partial charge in [-0.25, -0.2) is 9.48 Å². The van der Waals surface area contributed by atoms with Crippen LogP contribution in [-0.4, -0.2) is 22.9 Å². The van der Waals surface area contributed by atoms with Gasteiger partial charge in [0.15, 0.2) is 5.69 Å². The first-order chi connectivity index (χ1) is 7.27. The number of rotatable bonds is 2. The Kier molecular flexibility index (Phi) is 2.25. The highest BCUT2D eigenvalue weighted by Crippen LogP contribution is 2.18. The first-order valence-corrected chi connectivity index (χ1v) is 4.46. The van der Waals surface area contributed by atoms with E-state index in [0.717, 1.165) is 10.9 Å². The van der Waals surface area contributed by atoms with Crippen LogP contribution in [0.3, 0.4) is 0 Å². The van der Waals surface area contributed by atoms with Crippen molar-refractivity contribution in [3.05, 3.63) is 36.5 Å². The first-order valence-electron chi connectivity index (χ1n) is 4.46. The third-order valence-electron chi connectivity index (χ3n) is 2.17. The van der Waals surface area contributed by atoms with Crippen LogP contribution in [0.4, 0.5) is 0 Å². The van der Waals surface area contributed by atoms with Crippen LogP contribution in [0.15, 0.2) is 30.8 Å². The minimum Gasteiger partial charge on any atom is -0.464 e. The van der Waals surface area contributed by atoms with Gasteiger partial charge < -0.3 is 4.74 Å². The highest BCUT2D eigenvalue weighted by Gasteiger charge is 2.15. The number of aromatic nitrogens is 2. The lowest BCUT2D eigenvalue weighted by Crippen LogP contribution is -2.03. The van der Waals surface area contributed by atoms with E-state index in [4.69, 9.17) is 0 Å². The van der Waals surface area contributed by atoms with Crippen LogP contribution in [-0.2, 0) is 4.74 Å². The Morgan fingerprint density at radius 2 is 2.27 bits per heavy atom. The average Bonchev–Trinajstić information content (AvgIpc) is 2.67. The fourth-order valence-electron chi connectivity index (χ4n) is 1.48. The van der Waals surface area contributed by atoms with Gasteiger partial charge in [-0.2, -0.15) is 5.10 Å². The number of para-hydroxylation sites is 1. The maximum Gasteiger partial charge on any atom is 0.359 e. The van der Waals surface area contributed by atoms with E-state index in [9.17, 15) is 4.79 Å². The SMILES string of the molecule is C=Cn1nc(C(=O)OC)c2ccccc21. The Hall–Kier alpha value is -2.10. The van der Waals surface area contributed by atoms with Crippen LogP contribution in [0.1, 0.15) is 10.5 Å². The molecule has 0 bridgehead atoms. The summed E-state index contributed by atoms with van der Waals surface area (Å²) in [7, 11) is 1.34. The molecule has 0 fully saturated rings. The Morgan fingerprint density at radius 3 is 2.93 bits per heavy atom. The number of fused-ring (bicyclic) bond motifs is 1. The maximum absolute atomic E-state index is 11.4. The number of esters is 1. The van der Waals surface area contributed by atoms with Crippen molar-refractivity contribution in [2.24, 2.45) is 0 Å². The van der Waals surface area contributed by atoms with Crippen LogP contribution in [0.2, 0.25) is 0 Å². The molecule has 2 rings (SSSR count). The molecular weight excluding hydrogens is 192 g/mol. The third kappa shape index (κ3) is 1.40. The Morgan fingerprint density at radius 1 is 1.53 bits per heavy atom. The van der Waals surface area contributed by atoms with Crippen LogP contribution >= 0.6 is 0 Å². The normalized spacial score (nSPS) is 10.2. The van der Waals surface area contributed by atoms with E-state index in [0.29, 0.717) is 5.69 Å². The minimum absolute atomic E-state index is 0.313. The Labute approximate surface area is 86.8 Å². The van der Waals surface area contributed by atoms with Crippen molar-refractivity contribution >= 4 is 23.1 Å². The summed E-state index contributed by atoms with van der Waals surface area (Å²) in [5.74, 6) is -0.438. The summed E-state index contributed by atoms with van der Waals surface area (Å²) in [5.41, 5.74) is 1.15. The summed E-state index contributed by atoms with van der Waals surface area (Å²) in [6.45, 7) is 3.63. The number of benzene rings is 1. The number of carbonyl (C=O) groups is 1. The highest BCUT2D eigenvalue weighted by molar-refractivity contribution is 6.02. The van der Waals surface area contributed by atoms with Crippen molar-refractivity contribution in [3.63, 3.8) is 0 Å². The summed E-state index contributed by atoms with van der Waals surface area (Å²) in [6.07, 6.45) is 1.55. The third-order valence-corrected chi connectivity index (χ3v) is 2.17. The second-order valence-corrected chi connectivity index (χ2v) is 2.98. The molecule has 1 aromatic heterocycles. The summed E-state index contributed by atoms with van der Waals surface area (Å²) < 4.78 is 6.21. The number of hydrogen-bond donors (Lipinski definition) is 0. The van der Waals surface area contributed by atoms with E-state index in [-0.39, 0.29) is 0 Å². The number of nitrogens with zero attached hydrogens (tertiary/aromatic N) is 2. The van der Waals surface area contributed by atoms with Crippen molar-refractivity contribution in [2.75, 3.05) is 7.11 Å². The van der Waals surface area contributed by atoms with Gasteiger partial charge in [0.1, 0.15) is 0 Å². The maximum atomic E-state index is 11.4. The monoisotopic (exact) mass is 202 g/mol. The van der Waals surface area contributed by atoms with Gasteiger partial charge >= 0.3 is 5.97 Å². The molecule has 15 heavy (non-hydrogen) atoms. The molecule has 0 unspecified atom stereocenters.